The van der Waals surface area contributed by atoms with Gasteiger partial charge in [-0.15, -0.1) is 0 Å². The molecule has 0 bridgehead atoms. The molecule has 0 fully saturated rings. The lowest BCUT2D eigenvalue weighted by Crippen LogP contribution is -2.64. The molecule has 0 aliphatic rings. The molecule has 92 valence electrons. The second-order valence-corrected chi connectivity index (χ2v) is 14.3. The summed E-state index contributed by atoms with van der Waals surface area (Å²) in [6.45, 7) is 15.6. The van der Waals surface area contributed by atoms with Gasteiger partial charge in [0, 0.05) is 6.61 Å². The van der Waals surface area contributed by atoms with E-state index in [1.165, 1.54) is 0 Å². The lowest BCUT2D eigenvalue weighted by atomic mass is 10.7. The minimum Gasteiger partial charge on any atom is -0.395 e. The van der Waals surface area contributed by atoms with Gasteiger partial charge in [-0.3, -0.25) is 0 Å². The van der Waals surface area contributed by atoms with E-state index in [0.29, 0.717) is 6.61 Å². The average molecular weight is 250 g/mol. The maximum absolute atomic E-state index is 6.28. The quantitative estimate of drug-likeness (QED) is 0.581. The summed E-state index contributed by atoms with van der Waals surface area (Å²) in [5.41, 5.74) is 6.28. The Morgan fingerprint density at radius 2 is 1.60 bits per heavy atom. The van der Waals surface area contributed by atoms with Gasteiger partial charge in [0.05, 0.1) is 13.4 Å². The second-order valence-electron chi connectivity index (χ2n) is 5.38. The SMILES string of the molecule is CCO[Si](C)(CC)OC(C)(N)[Si](C)(C)C. The summed E-state index contributed by atoms with van der Waals surface area (Å²) < 4.78 is 11.9. The third-order valence-electron chi connectivity index (χ3n) is 3.01. The summed E-state index contributed by atoms with van der Waals surface area (Å²) in [7, 11) is -3.59. The molecule has 2 unspecified atom stereocenters. The fourth-order valence-electron chi connectivity index (χ4n) is 1.11. The molecule has 0 saturated carbocycles. The van der Waals surface area contributed by atoms with Crippen LogP contribution in [0.4, 0.5) is 0 Å². The molecule has 0 saturated heterocycles. The van der Waals surface area contributed by atoms with Crippen molar-refractivity contribution in [2.45, 2.75) is 58.4 Å². The highest BCUT2D eigenvalue weighted by Gasteiger charge is 2.43. The summed E-state index contributed by atoms with van der Waals surface area (Å²) in [5, 5.41) is -0.501. The fourth-order valence-corrected chi connectivity index (χ4v) is 4.90. The van der Waals surface area contributed by atoms with E-state index in [4.69, 9.17) is 14.6 Å². The van der Waals surface area contributed by atoms with Gasteiger partial charge in [0.15, 0.2) is 0 Å². The Balaban J connectivity index is 4.68. The average Bonchev–Trinajstić information content (AvgIpc) is 2.01. The van der Waals surface area contributed by atoms with Crippen LogP contribution in [0, 0.1) is 0 Å². The lowest BCUT2D eigenvalue weighted by molar-refractivity contribution is 0.0981. The molecule has 0 aromatic heterocycles. The minimum absolute atomic E-state index is 0.501. The highest BCUT2D eigenvalue weighted by molar-refractivity contribution is 6.80. The maximum atomic E-state index is 6.28. The summed E-state index contributed by atoms with van der Waals surface area (Å²) >= 11 is 0. The van der Waals surface area contributed by atoms with Crippen molar-refractivity contribution >= 4 is 16.6 Å². The molecule has 0 spiro atoms. The molecule has 15 heavy (non-hydrogen) atoms. The molecule has 0 radical (unpaired) electrons. The van der Waals surface area contributed by atoms with Gasteiger partial charge >= 0.3 is 8.56 Å². The van der Waals surface area contributed by atoms with Crippen molar-refractivity contribution in [2.24, 2.45) is 5.73 Å². The number of hydrogen-bond donors (Lipinski definition) is 1. The third-order valence-corrected chi connectivity index (χ3v) is 9.33. The van der Waals surface area contributed by atoms with Crippen molar-refractivity contribution in [1.29, 1.82) is 0 Å². The van der Waals surface area contributed by atoms with E-state index in [9.17, 15) is 0 Å². The molecule has 2 N–H and O–H groups in total. The zero-order valence-corrected chi connectivity index (χ0v) is 13.3. The van der Waals surface area contributed by atoms with Gasteiger partial charge in [-0.1, -0.05) is 26.6 Å². The topological polar surface area (TPSA) is 44.5 Å². The predicted octanol–water partition coefficient (Wildman–Crippen LogP) is 2.68. The van der Waals surface area contributed by atoms with Crippen molar-refractivity contribution in [1.82, 2.24) is 0 Å². The first-order valence-corrected chi connectivity index (χ1v) is 11.7. The van der Waals surface area contributed by atoms with Crippen molar-refractivity contribution < 1.29 is 8.85 Å². The summed E-state index contributed by atoms with van der Waals surface area (Å²) in [6.07, 6.45) is 0. The van der Waals surface area contributed by atoms with E-state index in [2.05, 4.69) is 33.1 Å². The van der Waals surface area contributed by atoms with Crippen LogP contribution in [0.3, 0.4) is 0 Å². The molecule has 0 amide bonds. The molecule has 0 heterocycles. The van der Waals surface area contributed by atoms with Crippen LogP contribution >= 0.6 is 0 Å². The highest BCUT2D eigenvalue weighted by Crippen LogP contribution is 2.26. The first-order chi connectivity index (χ1) is 6.58. The molecule has 2 atom stereocenters. The maximum Gasteiger partial charge on any atom is 0.335 e. The van der Waals surface area contributed by atoms with Crippen LogP contribution in [0.1, 0.15) is 20.8 Å². The zero-order valence-electron chi connectivity index (χ0n) is 11.3. The van der Waals surface area contributed by atoms with Crippen molar-refractivity contribution in [2.75, 3.05) is 6.61 Å². The highest BCUT2D eigenvalue weighted by atomic mass is 28.4. The largest absolute Gasteiger partial charge is 0.395 e. The second kappa shape index (κ2) is 5.10. The standard InChI is InChI=1S/C10H27NO2Si2/c1-8-12-15(7,9-2)13-10(3,11)14(4,5)6/h8-9,11H2,1-7H3. The lowest BCUT2D eigenvalue weighted by Gasteiger charge is -2.42. The fraction of sp³-hybridized carbons (Fsp3) is 1.00. The Bertz CT molecular complexity index is 204. The number of nitrogens with two attached hydrogens (primary N) is 1. The van der Waals surface area contributed by atoms with Crippen LogP contribution < -0.4 is 5.73 Å². The summed E-state index contributed by atoms with van der Waals surface area (Å²) in [6, 6.07) is 0.943. The van der Waals surface area contributed by atoms with E-state index >= 15 is 0 Å². The Kier molecular flexibility index (Phi) is 5.20. The third kappa shape index (κ3) is 4.36. The Morgan fingerprint density at radius 1 is 1.13 bits per heavy atom. The Morgan fingerprint density at radius 3 is 1.87 bits per heavy atom. The van der Waals surface area contributed by atoms with E-state index in [1.807, 2.05) is 13.8 Å². The van der Waals surface area contributed by atoms with Gasteiger partial charge in [-0.2, -0.15) is 0 Å². The first kappa shape index (κ1) is 15.3. The smallest absolute Gasteiger partial charge is 0.335 e. The molecule has 3 nitrogen and oxygen atoms in total. The first-order valence-electron chi connectivity index (χ1n) is 5.71. The van der Waals surface area contributed by atoms with E-state index in [0.717, 1.165) is 6.04 Å². The van der Waals surface area contributed by atoms with Crippen LogP contribution in [0.2, 0.25) is 32.2 Å². The van der Waals surface area contributed by atoms with Gasteiger partial charge in [-0.05, 0) is 26.4 Å². The van der Waals surface area contributed by atoms with Crippen LogP contribution in [0.25, 0.3) is 0 Å². The van der Waals surface area contributed by atoms with Gasteiger partial charge in [0.2, 0.25) is 0 Å². The van der Waals surface area contributed by atoms with E-state index in [-0.39, 0.29) is 0 Å². The van der Waals surface area contributed by atoms with Crippen LogP contribution in [0.5, 0.6) is 0 Å². The molecule has 0 rings (SSSR count). The monoisotopic (exact) mass is 249 g/mol. The molecule has 5 heteroatoms. The Labute approximate surface area is 96.6 Å². The normalized spacial score (nSPS) is 20.8. The van der Waals surface area contributed by atoms with Crippen molar-refractivity contribution in [3.8, 4) is 0 Å². The molecule has 0 aromatic rings. The predicted molar refractivity (Wildman–Crippen MR) is 70.7 cm³/mol. The van der Waals surface area contributed by atoms with Gasteiger partial charge in [-0.25, -0.2) is 0 Å². The van der Waals surface area contributed by atoms with E-state index in [1.54, 1.807) is 0 Å². The van der Waals surface area contributed by atoms with Crippen molar-refractivity contribution in [3.05, 3.63) is 0 Å². The van der Waals surface area contributed by atoms with Gasteiger partial charge in [0.25, 0.3) is 0 Å². The number of hydrogen-bond acceptors (Lipinski definition) is 3. The minimum atomic E-state index is -2.06. The van der Waals surface area contributed by atoms with Gasteiger partial charge in [0.1, 0.15) is 0 Å². The van der Waals surface area contributed by atoms with Crippen molar-refractivity contribution in [3.63, 3.8) is 0 Å². The van der Waals surface area contributed by atoms with Crippen LogP contribution in [0.15, 0.2) is 0 Å². The molecular weight excluding hydrogens is 222 g/mol. The molecule has 0 aliphatic heterocycles. The Hall–Kier alpha value is 0.314. The summed E-state index contributed by atoms with van der Waals surface area (Å²) in [5.74, 6) is 0. The molecule has 0 aliphatic carbocycles. The van der Waals surface area contributed by atoms with Gasteiger partial charge < -0.3 is 14.6 Å². The van der Waals surface area contributed by atoms with E-state index < -0.39 is 22.0 Å². The zero-order chi connectivity index (χ0) is 12.3. The van der Waals surface area contributed by atoms with Crippen LogP contribution in [-0.2, 0) is 8.85 Å². The molecular formula is C10H27NO2Si2. The number of rotatable bonds is 6. The summed E-state index contributed by atoms with van der Waals surface area (Å²) in [4.78, 5) is 0. The van der Waals surface area contributed by atoms with Crippen LogP contribution in [-0.4, -0.2) is 28.6 Å². The molecule has 0 aromatic carbocycles.